The molecule has 0 heterocycles. The zero-order chi connectivity index (χ0) is 18.6. The van der Waals surface area contributed by atoms with Crippen LogP contribution in [0.3, 0.4) is 0 Å². The molecule has 0 atom stereocenters. The molecule has 0 saturated heterocycles. The van der Waals surface area contributed by atoms with E-state index in [0.717, 1.165) is 0 Å². The van der Waals surface area contributed by atoms with Crippen molar-refractivity contribution in [2.24, 2.45) is 0 Å². The van der Waals surface area contributed by atoms with Crippen LogP contribution >= 0.6 is 0 Å². The van der Waals surface area contributed by atoms with E-state index in [2.05, 4.69) is 27.7 Å². The molecule has 0 aromatic heterocycles. The molecule has 0 rings (SSSR count). The summed E-state index contributed by atoms with van der Waals surface area (Å²) in [6, 6.07) is 0. The van der Waals surface area contributed by atoms with Crippen LogP contribution in [0.15, 0.2) is 0 Å². The normalized spacial score (nSPS) is 12.0. The van der Waals surface area contributed by atoms with E-state index >= 15 is 0 Å². The van der Waals surface area contributed by atoms with Gasteiger partial charge in [0.05, 0.1) is 26.2 Å². The molecule has 0 N–H and O–H groups in total. The van der Waals surface area contributed by atoms with Gasteiger partial charge in [-0.15, -0.1) is 0 Å². The lowest BCUT2D eigenvalue weighted by Crippen LogP contribution is -2.50. The summed E-state index contributed by atoms with van der Waals surface area (Å²) >= 11 is 0. The highest BCUT2D eigenvalue weighted by Gasteiger charge is 2.25. The van der Waals surface area contributed by atoms with Gasteiger partial charge in [-0.2, -0.15) is 0 Å². The van der Waals surface area contributed by atoms with Gasteiger partial charge in [-0.3, -0.25) is 0 Å². The van der Waals surface area contributed by atoms with E-state index in [1.807, 2.05) is 0 Å². The summed E-state index contributed by atoms with van der Waals surface area (Å²) in [7, 11) is 0. The fraction of sp³-hybridized carbons (Fsp3) is 1.00. The predicted molar refractivity (Wildman–Crippen MR) is 116 cm³/mol. The summed E-state index contributed by atoms with van der Waals surface area (Å²) in [6.45, 7) is 15.2. The number of nitrogens with zero attached hydrogens (tertiary/aromatic N) is 1. The molecule has 0 fully saturated rings. The van der Waals surface area contributed by atoms with E-state index in [0.29, 0.717) is 0 Å². The third kappa shape index (κ3) is 14.8. The Morgan fingerprint density at radius 3 is 0.960 bits per heavy atom. The van der Waals surface area contributed by atoms with Crippen LogP contribution in [-0.4, -0.2) is 30.7 Å². The monoisotopic (exact) mass is 354 g/mol. The molecule has 0 unspecified atom stereocenters. The second kappa shape index (κ2) is 18.7. The SMILES string of the molecule is CCCCCCCC[N+](CCCCC)(CCCCC)CCCCCC. The Bertz CT molecular complexity index is 238. The predicted octanol–water partition coefficient (Wildman–Crippen LogP) is 8.12. The van der Waals surface area contributed by atoms with Crippen molar-refractivity contribution in [3.63, 3.8) is 0 Å². The van der Waals surface area contributed by atoms with Gasteiger partial charge < -0.3 is 4.48 Å². The Balaban J connectivity index is 4.52. The lowest BCUT2D eigenvalue weighted by atomic mass is 10.1. The van der Waals surface area contributed by atoms with Crippen molar-refractivity contribution in [2.45, 2.75) is 130 Å². The minimum atomic E-state index is 1.36. The van der Waals surface area contributed by atoms with Crippen molar-refractivity contribution in [1.82, 2.24) is 0 Å². The number of hydrogen-bond acceptors (Lipinski definition) is 0. The van der Waals surface area contributed by atoms with Gasteiger partial charge in [-0.1, -0.05) is 79.1 Å². The first-order valence-electron chi connectivity index (χ1n) is 12.1. The number of hydrogen-bond donors (Lipinski definition) is 0. The van der Waals surface area contributed by atoms with Gasteiger partial charge in [0.15, 0.2) is 0 Å². The summed E-state index contributed by atoms with van der Waals surface area (Å²) in [5.41, 5.74) is 0. The molecule has 1 nitrogen and oxygen atoms in total. The van der Waals surface area contributed by atoms with Crippen LogP contribution in [0, 0.1) is 0 Å². The Hall–Kier alpha value is -0.0400. The van der Waals surface area contributed by atoms with Crippen molar-refractivity contribution in [1.29, 1.82) is 0 Å². The molecule has 1 heteroatoms. The van der Waals surface area contributed by atoms with Crippen molar-refractivity contribution < 1.29 is 4.48 Å². The van der Waals surface area contributed by atoms with E-state index in [1.165, 1.54) is 133 Å². The molecule has 152 valence electrons. The Morgan fingerprint density at radius 1 is 0.320 bits per heavy atom. The molecule has 0 aliphatic carbocycles. The van der Waals surface area contributed by atoms with Gasteiger partial charge >= 0.3 is 0 Å². The van der Waals surface area contributed by atoms with Gasteiger partial charge in [0, 0.05) is 0 Å². The molecular weight excluding hydrogens is 302 g/mol. The number of unbranched alkanes of at least 4 members (excludes halogenated alkanes) is 12. The van der Waals surface area contributed by atoms with Crippen molar-refractivity contribution in [2.75, 3.05) is 26.2 Å². The highest BCUT2D eigenvalue weighted by molar-refractivity contribution is 4.53. The lowest BCUT2D eigenvalue weighted by molar-refractivity contribution is -0.929. The number of quaternary nitrogens is 1. The highest BCUT2D eigenvalue weighted by Crippen LogP contribution is 2.19. The van der Waals surface area contributed by atoms with E-state index in [-0.39, 0.29) is 0 Å². The van der Waals surface area contributed by atoms with Crippen LogP contribution in [0.1, 0.15) is 130 Å². The maximum atomic E-state index is 2.35. The quantitative estimate of drug-likeness (QED) is 0.153. The Labute approximate surface area is 161 Å². The van der Waals surface area contributed by atoms with Crippen molar-refractivity contribution >= 4 is 0 Å². The second-order valence-corrected chi connectivity index (χ2v) is 8.48. The summed E-state index contributed by atoms with van der Waals surface area (Å²) in [5.74, 6) is 0. The largest absolute Gasteiger partial charge is 0.324 e. The highest BCUT2D eigenvalue weighted by atomic mass is 15.3. The van der Waals surface area contributed by atoms with Crippen molar-refractivity contribution in [3.8, 4) is 0 Å². The molecule has 0 aliphatic rings. The minimum Gasteiger partial charge on any atom is -0.324 e. The van der Waals surface area contributed by atoms with Crippen molar-refractivity contribution in [3.05, 3.63) is 0 Å². The third-order valence-corrected chi connectivity index (χ3v) is 5.94. The van der Waals surface area contributed by atoms with Crippen LogP contribution < -0.4 is 0 Å². The Kier molecular flexibility index (Phi) is 18.7. The molecule has 0 saturated carbocycles. The topological polar surface area (TPSA) is 0 Å². The molecule has 0 amide bonds. The van der Waals surface area contributed by atoms with Crippen LogP contribution in [0.2, 0.25) is 0 Å². The smallest absolute Gasteiger partial charge is 0.0786 e. The summed E-state index contributed by atoms with van der Waals surface area (Å²) < 4.78 is 1.46. The first kappa shape index (κ1) is 25.0. The second-order valence-electron chi connectivity index (χ2n) is 8.48. The first-order valence-corrected chi connectivity index (χ1v) is 12.1. The first-order chi connectivity index (χ1) is 12.2. The molecule has 0 radical (unpaired) electrons. The van der Waals surface area contributed by atoms with Crippen LogP contribution in [0.4, 0.5) is 0 Å². The van der Waals surface area contributed by atoms with Crippen LogP contribution in [-0.2, 0) is 0 Å². The van der Waals surface area contributed by atoms with Gasteiger partial charge in [-0.05, 0) is 51.4 Å². The maximum absolute atomic E-state index is 2.35. The lowest BCUT2D eigenvalue weighted by Gasteiger charge is -2.39. The molecular formula is C24H52N+. The zero-order valence-electron chi connectivity index (χ0n) is 18.6. The maximum Gasteiger partial charge on any atom is 0.0786 e. The average Bonchev–Trinajstić information content (AvgIpc) is 2.62. The van der Waals surface area contributed by atoms with E-state index in [4.69, 9.17) is 0 Å². The Morgan fingerprint density at radius 2 is 0.560 bits per heavy atom. The minimum absolute atomic E-state index is 1.36. The third-order valence-electron chi connectivity index (χ3n) is 5.94. The molecule has 0 aromatic rings. The zero-order valence-corrected chi connectivity index (χ0v) is 18.6. The van der Waals surface area contributed by atoms with E-state index in [9.17, 15) is 0 Å². The van der Waals surface area contributed by atoms with Crippen LogP contribution in [0.5, 0.6) is 0 Å². The molecule has 0 aliphatic heterocycles. The summed E-state index contributed by atoms with van der Waals surface area (Å²) in [4.78, 5) is 0. The van der Waals surface area contributed by atoms with Gasteiger partial charge in [-0.25, -0.2) is 0 Å². The van der Waals surface area contributed by atoms with Crippen LogP contribution in [0.25, 0.3) is 0 Å². The number of rotatable bonds is 20. The van der Waals surface area contributed by atoms with E-state index in [1.54, 1.807) is 0 Å². The summed E-state index contributed by atoms with van der Waals surface area (Å²) in [5, 5.41) is 0. The summed E-state index contributed by atoms with van der Waals surface area (Å²) in [6.07, 6.45) is 22.9. The fourth-order valence-corrected chi connectivity index (χ4v) is 4.17. The van der Waals surface area contributed by atoms with Gasteiger partial charge in [0.1, 0.15) is 0 Å². The molecule has 0 bridgehead atoms. The molecule has 0 aromatic carbocycles. The molecule has 0 spiro atoms. The standard InChI is InChI=1S/C24H52N/c1-5-9-13-15-16-20-24-25(21-17-11-7-3,22-18-12-8-4)23-19-14-10-6-2/h5-24H2,1-4H3/q+1. The fourth-order valence-electron chi connectivity index (χ4n) is 4.17. The van der Waals surface area contributed by atoms with Gasteiger partial charge in [0.2, 0.25) is 0 Å². The molecule has 25 heavy (non-hydrogen) atoms. The average molecular weight is 355 g/mol. The van der Waals surface area contributed by atoms with Gasteiger partial charge in [0.25, 0.3) is 0 Å². The van der Waals surface area contributed by atoms with E-state index < -0.39 is 0 Å².